The number of carbonyl (C=O) groups excluding carboxylic acids is 3. The second kappa shape index (κ2) is 14.0. The number of phenolic OH excluding ortho intramolecular Hbond substituents is 2. The Balaban J connectivity index is 2.02. The summed E-state index contributed by atoms with van der Waals surface area (Å²) < 4.78 is 0. The highest BCUT2D eigenvalue weighted by molar-refractivity contribution is 5.94. The lowest BCUT2D eigenvalue weighted by molar-refractivity contribution is -0.142. The average molecular weight is 531 g/mol. The number of aromatic hydroxyl groups is 2. The van der Waals surface area contributed by atoms with Gasteiger partial charge in [0, 0.05) is 6.42 Å². The molecule has 12 nitrogen and oxygen atoms in total. The third-order valence-electron chi connectivity index (χ3n) is 5.78. The van der Waals surface area contributed by atoms with Crippen LogP contribution in [0.2, 0.25) is 0 Å². The molecule has 0 aliphatic heterocycles. The first kappa shape index (κ1) is 30.1. The summed E-state index contributed by atoms with van der Waals surface area (Å²) in [4.78, 5) is 50.0. The molecule has 9 N–H and O–H groups in total. The summed E-state index contributed by atoms with van der Waals surface area (Å²) in [7, 11) is 0. The van der Waals surface area contributed by atoms with Crippen LogP contribution < -0.4 is 21.7 Å². The molecule has 2 aromatic carbocycles. The zero-order valence-corrected chi connectivity index (χ0v) is 21.1. The smallest absolute Gasteiger partial charge is 0.326 e. The maximum absolute atomic E-state index is 12.9. The molecule has 3 amide bonds. The summed E-state index contributed by atoms with van der Waals surface area (Å²) in [5, 5.41) is 45.3. The number of rotatable bonds is 13. The van der Waals surface area contributed by atoms with E-state index in [0.29, 0.717) is 11.1 Å². The summed E-state index contributed by atoms with van der Waals surface area (Å²) in [5.74, 6) is -4.00. The van der Waals surface area contributed by atoms with Gasteiger partial charge >= 0.3 is 5.97 Å². The highest BCUT2D eigenvalue weighted by atomic mass is 16.4. The Bertz CT molecular complexity index is 1110. The van der Waals surface area contributed by atoms with E-state index in [0.717, 1.165) is 0 Å². The average Bonchev–Trinajstić information content (AvgIpc) is 2.87. The molecule has 206 valence electrons. The molecule has 0 saturated heterocycles. The number of carboxylic acid groups (broad SMARTS) is 1. The molecule has 0 heterocycles. The van der Waals surface area contributed by atoms with Crippen LogP contribution in [0.5, 0.6) is 11.5 Å². The van der Waals surface area contributed by atoms with Crippen LogP contribution in [0.15, 0.2) is 48.5 Å². The molecule has 38 heavy (non-hydrogen) atoms. The van der Waals surface area contributed by atoms with Crippen molar-refractivity contribution in [3.8, 4) is 11.5 Å². The van der Waals surface area contributed by atoms with Crippen molar-refractivity contribution >= 4 is 23.7 Å². The number of phenols is 2. The van der Waals surface area contributed by atoms with Crippen molar-refractivity contribution in [1.82, 2.24) is 16.0 Å². The Morgan fingerprint density at radius 3 is 1.66 bits per heavy atom. The molecule has 0 aliphatic carbocycles. The van der Waals surface area contributed by atoms with Crippen LogP contribution in [0.4, 0.5) is 0 Å². The van der Waals surface area contributed by atoms with Gasteiger partial charge < -0.3 is 42.1 Å². The molecule has 0 spiro atoms. The quantitative estimate of drug-likeness (QED) is 0.166. The van der Waals surface area contributed by atoms with Crippen molar-refractivity contribution in [3.63, 3.8) is 0 Å². The highest BCUT2D eigenvalue weighted by Gasteiger charge is 2.31. The van der Waals surface area contributed by atoms with Gasteiger partial charge in [0.2, 0.25) is 17.7 Å². The standard InChI is InChI=1S/C26H34N4O8/c1-14(2)22(25(36)28-20(26(37)38)12-16-5-9-18(33)10-6-16)30-24(35)21(13-31)29-23(34)19(27)11-15-3-7-17(32)8-4-15/h3-10,14,19-22,31-33H,11-13,27H2,1-2H3,(H,28,36)(H,29,34)(H,30,35)(H,37,38). The van der Waals surface area contributed by atoms with Gasteiger partial charge in [-0.15, -0.1) is 0 Å². The number of hydrogen-bond donors (Lipinski definition) is 8. The predicted octanol–water partition coefficient (Wildman–Crippen LogP) is -0.602. The topological polar surface area (TPSA) is 211 Å². The molecule has 12 heteroatoms. The molecule has 0 aromatic heterocycles. The van der Waals surface area contributed by atoms with E-state index in [1.54, 1.807) is 26.0 Å². The predicted molar refractivity (Wildman–Crippen MR) is 137 cm³/mol. The number of benzene rings is 2. The molecule has 0 radical (unpaired) electrons. The summed E-state index contributed by atoms with van der Waals surface area (Å²) in [5.41, 5.74) is 7.16. The number of nitrogens with one attached hydrogen (secondary N) is 3. The Morgan fingerprint density at radius 1 is 0.737 bits per heavy atom. The van der Waals surface area contributed by atoms with Gasteiger partial charge in [0.25, 0.3) is 0 Å². The first-order valence-corrected chi connectivity index (χ1v) is 12.0. The first-order chi connectivity index (χ1) is 17.9. The largest absolute Gasteiger partial charge is 0.508 e. The van der Waals surface area contributed by atoms with Crippen LogP contribution in [0.1, 0.15) is 25.0 Å². The van der Waals surface area contributed by atoms with Gasteiger partial charge in [0.05, 0.1) is 12.6 Å². The van der Waals surface area contributed by atoms with Gasteiger partial charge in [-0.1, -0.05) is 38.1 Å². The fraction of sp³-hybridized carbons (Fsp3) is 0.385. The molecule has 0 bridgehead atoms. The minimum absolute atomic E-state index is 0.0130. The number of carbonyl (C=O) groups is 4. The van der Waals surface area contributed by atoms with Crippen LogP contribution in [-0.2, 0) is 32.0 Å². The summed E-state index contributed by atoms with van der Waals surface area (Å²) >= 11 is 0. The van der Waals surface area contributed by atoms with Crippen molar-refractivity contribution in [1.29, 1.82) is 0 Å². The normalized spacial score (nSPS) is 14.1. The number of hydrogen-bond acceptors (Lipinski definition) is 8. The van der Waals surface area contributed by atoms with Crippen molar-refractivity contribution < 1.29 is 39.6 Å². The maximum Gasteiger partial charge on any atom is 0.326 e. The zero-order valence-electron chi connectivity index (χ0n) is 21.1. The van der Waals surface area contributed by atoms with E-state index in [2.05, 4.69) is 16.0 Å². The van der Waals surface area contributed by atoms with Crippen molar-refractivity contribution in [3.05, 3.63) is 59.7 Å². The van der Waals surface area contributed by atoms with Crippen LogP contribution in [-0.4, -0.2) is 74.9 Å². The molecular weight excluding hydrogens is 496 g/mol. The first-order valence-electron chi connectivity index (χ1n) is 12.0. The van der Waals surface area contributed by atoms with E-state index in [9.17, 15) is 39.6 Å². The van der Waals surface area contributed by atoms with E-state index >= 15 is 0 Å². The summed E-state index contributed by atoms with van der Waals surface area (Å²) in [6.07, 6.45) is 0.0505. The van der Waals surface area contributed by atoms with E-state index in [1.165, 1.54) is 36.4 Å². The number of nitrogens with two attached hydrogens (primary N) is 1. The third kappa shape index (κ3) is 9.05. The fourth-order valence-corrected chi connectivity index (χ4v) is 3.57. The SMILES string of the molecule is CC(C)C(NC(=O)C(CO)NC(=O)C(N)Cc1ccc(O)cc1)C(=O)NC(Cc1ccc(O)cc1)C(=O)O. The monoisotopic (exact) mass is 530 g/mol. The maximum atomic E-state index is 12.9. The second-order valence-electron chi connectivity index (χ2n) is 9.22. The van der Waals surface area contributed by atoms with Crippen molar-refractivity contribution in [2.45, 2.75) is 50.9 Å². The van der Waals surface area contributed by atoms with Crippen LogP contribution >= 0.6 is 0 Å². The van der Waals surface area contributed by atoms with Gasteiger partial charge in [-0.2, -0.15) is 0 Å². The molecule has 2 aromatic rings. The summed E-state index contributed by atoms with van der Waals surface area (Å²) in [6, 6.07) is 6.99. The molecule has 0 aliphatic rings. The number of carboxylic acids is 1. The second-order valence-corrected chi connectivity index (χ2v) is 9.22. The van der Waals surface area contributed by atoms with Crippen LogP contribution in [0.3, 0.4) is 0 Å². The van der Waals surface area contributed by atoms with Gasteiger partial charge in [-0.25, -0.2) is 4.79 Å². The molecule has 0 fully saturated rings. The van der Waals surface area contributed by atoms with E-state index < -0.39 is 60.4 Å². The lowest BCUT2D eigenvalue weighted by Crippen LogP contribution is -2.59. The van der Waals surface area contributed by atoms with E-state index in [4.69, 9.17) is 5.73 Å². The fourth-order valence-electron chi connectivity index (χ4n) is 3.57. The van der Waals surface area contributed by atoms with Gasteiger partial charge in [0.15, 0.2) is 0 Å². The third-order valence-corrected chi connectivity index (χ3v) is 5.78. The van der Waals surface area contributed by atoms with Crippen molar-refractivity contribution in [2.24, 2.45) is 11.7 Å². The van der Waals surface area contributed by atoms with E-state index in [-0.39, 0.29) is 24.3 Å². The molecule has 4 atom stereocenters. The molecule has 4 unspecified atom stereocenters. The van der Waals surface area contributed by atoms with Gasteiger partial charge in [-0.3, -0.25) is 14.4 Å². The number of aliphatic hydroxyl groups is 1. The van der Waals surface area contributed by atoms with Crippen LogP contribution in [0.25, 0.3) is 0 Å². The van der Waals surface area contributed by atoms with Gasteiger partial charge in [0.1, 0.15) is 29.6 Å². The zero-order chi connectivity index (χ0) is 28.4. The molecule has 2 rings (SSSR count). The van der Waals surface area contributed by atoms with E-state index in [1.807, 2.05) is 0 Å². The number of aliphatic hydroxyl groups excluding tert-OH is 1. The Morgan fingerprint density at radius 2 is 1.21 bits per heavy atom. The van der Waals surface area contributed by atoms with Crippen molar-refractivity contribution in [2.75, 3.05) is 6.61 Å². The minimum Gasteiger partial charge on any atom is -0.508 e. The number of aliphatic carboxylic acids is 1. The van der Waals surface area contributed by atoms with Crippen LogP contribution in [0, 0.1) is 5.92 Å². The molecule has 0 saturated carbocycles. The Hall–Kier alpha value is -4.16. The minimum atomic E-state index is -1.41. The lowest BCUT2D eigenvalue weighted by Gasteiger charge is -2.26. The Kier molecular flexibility index (Phi) is 11.0. The molecular formula is C26H34N4O8. The van der Waals surface area contributed by atoms with Gasteiger partial charge in [-0.05, 0) is 47.7 Å². The highest BCUT2D eigenvalue weighted by Crippen LogP contribution is 2.13. The summed E-state index contributed by atoms with van der Waals surface area (Å²) in [6.45, 7) is 2.51. The lowest BCUT2D eigenvalue weighted by atomic mass is 10.0. The number of amides is 3. The Labute approximate surface area is 219 Å².